The summed E-state index contributed by atoms with van der Waals surface area (Å²) < 4.78 is 15.6. The van der Waals surface area contributed by atoms with Crippen LogP contribution in [0.15, 0.2) is 46.3 Å². The first-order chi connectivity index (χ1) is 9.58. The van der Waals surface area contributed by atoms with Gasteiger partial charge in [0.15, 0.2) is 0 Å². The van der Waals surface area contributed by atoms with E-state index in [1.807, 2.05) is 19.1 Å². The Bertz CT molecular complexity index is 779. The highest BCUT2D eigenvalue weighted by atomic mass is 79.9. The van der Waals surface area contributed by atoms with Crippen LogP contribution in [0.5, 0.6) is 0 Å². The summed E-state index contributed by atoms with van der Waals surface area (Å²) >= 11 is 9.07. The third-order valence-electron chi connectivity index (χ3n) is 3.36. The molecule has 0 amide bonds. The Morgan fingerprint density at radius 2 is 1.95 bits per heavy atom. The van der Waals surface area contributed by atoms with Crippen molar-refractivity contribution >= 4 is 53.3 Å². The maximum absolute atomic E-state index is 13.2. The number of fused-ring (bicyclic) bond motifs is 1. The highest BCUT2D eigenvalue weighted by Crippen LogP contribution is 2.41. The first kappa shape index (κ1) is 14.2. The standard InChI is InChI=1S/C16H11Br2FS/c1-9-7-10(19)5-6-11(9)15(18)13-8-20-16-12(13)3-2-4-14(16)17/h2-8,15H,1H3. The molecular weight excluding hydrogens is 403 g/mol. The van der Waals surface area contributed by atoms with Gasteiger partial charge in [0.1, 0.15) is 5.82 Å². The minimum absolute atomic E-state index is 0.0751. The molecule has 20 heavy (non-hydrogen) atoms. The Labute approximate surface area is 137 Å². The van der Waals surface area contributed by atoms with Gasteiger partial charge in [-0.1, -0.05) is 34.1 Å². The Morgan fingerprint density at radius 3 is 2.70 bits per heavy atom. The van der Waals surface area contributed by atoms with Crippen LogP contribution in [0.25, 0.3) is 10.1 Å². The third kappa shape index (κ3) is 2.45. The fraction of sp³-hybridized carbons (Fsp3) is 0.125. The van der Waals surface area contributed by atoms with Gasteiger partial charge in [-0.15, -0.1) is 11.3 Å². The van der Waals surface area contributed by atoms with E-state index in [-0.39, 0.29) is 10.6 Å². The van der Waals surface area contributed by atoms with Crippen molar-refractivity contribution < 1.29 is 4.39 Å². The van der Waals surface area contributed by atoms with Crippen molar-refractivity contribution in [3.05, 3.63) is 68.8 Å². The van der Waals surface area contributed by atoms with E-state index in [1.165, 1.54) is 21.7 Å². The van der Waals surface area contributed by atoms with Crippen LogP contribution in [0, 0.1) is 12.7 Å². The van der Waals surface area contributed by atoms with Gasteiger partial charge in [-0.3, -0.25) is 0 Å². The van der Waals surface area contributed by atoms with Crippen LogP contribution in [0.3, 0.4) is 0 Å². The molecule has 3 aromatic rings. The van der Waals surface area contributed by atoms with Gasteiger partial charge in [0.2, 0.25) is 0 Å². The second-order valence-electron chi connectivity index (χ2n) is 4.67. The first-order valence-electron chi connectivity index (χ1n) is 6.13. The van der Waals surface area contributed by atoms with Crippen LogP contribution in [0.4, 0.5) is 4.39 Å². The predicted molar refractivity (Wildman–Crippen MR) is 91.4 cm³/mol. The van der Waals surface area contributed by atoms with Crippen molar-refractivity contribution in [2.75, 3.05) is 0 Å². The SMILES string of the molecule is Cc1cc(F)ccc1C(Br)c1csc2c(Br)cccc12. The Hall–Kier alpha value is -0.710. The molecule has 0 radical (unpaired) electrons. The fourth-order valence-corrected chi connectivity index (χ4v) is 5.04. The Morgan fingerprint density at radius 1 is 1.15 bits per heavy atom. The third-order valence-corrected chi connectivity index (χ3v) is 6.32. The summed E-state index contributed by atoms with van der Waals surface area (Å²) in [6, 6.07) is 11.2. The summed E-state index contributed by atoms with van der Waals surface area (Å²) in [6.07, 6.45) is 0. The first-order valence-corrected chi connectivity index (χ1v) is 8.72. The van der Waals surface area contributed by atoms with E-state index in [9.17, 15) is 4.39 Å². The number of rotatable bonds is 2. The zero-order chi connectivity index (χ0) is 14.3. The van der Waals surface area contributed by atoms with Crippen LogP contribution in [0.1, 0.15) is 21.5 Å². The molecule has 1 heterocycles. The fourth-order valence-electron chi connectivity index (χ4n) is 2.33. The molecule has 0 spiro atoms. The maximum Gasteiger partial charge on any atom is 0.123 e. The highest BCUT2D eigenvalue weighted by molar-refractivity contribution is 9.10. The van der Waals surface area contributed by atoms with E-state index >= 15 is 0 Å². The number of hydrogen-bond acceptors (Lipinski definition) is 1. The topological polar surface area (TPSA) is 0 Å². The second kappa shape index (κ2) is 5.58. The number of halogens is 3. The molecule has 1 aromatic heterocycles. The van der Waals surface area contributed by atoms with Gasteiger partial charge in [0.25, 0.3) is 0 Å². The normalized spacial score (nSPS) is 12.8. The number of benzene rings is 2. The van der Waals surface area contributed by atoms with E-state index in [0.717, 1.165) is 15.6 Å². The van der Waals surface area contributed by atoms with Crippen molar-refractivity contribution in [1.82, 2.24) is 0 Å². The van der Waals surface area contributed by atoms with E-state index in [4.69, 9.17) is 0 Å². The molecule has 0 fully saturated rings. The molecule has 0 nitrogen and oxygen atoms in total. The van der Waals surface area contributed by atoms with Crippen molar-refractivity contribution in [2.24, 2.45) is 0 Å². The van der Waals surface area contributed by atoms with Crippen molar-refractivity contribution in [1.29, 1.82) is 0 Å². The number of alkyl halides is 1. The van der Waals surface area contributed by atoms with Crippen molar-refractivity contribution in [3.8, 4) is 0 Å². The number of aryl methyl sites for hydroxylation is 1. The highest BCUT2D eigenvalue weighted by Gasteiger charge is 2.17. The molecule has 0 saturated carbocycles. The average Bonchev–Trinajstić information content (AvgIpc) is 2.83. The van der Waals surface area contributed by atoms with E-state index in [2.05, 4.69) is 49.4 Å². The van der Waals surface area contributed by atoms with Crippen molar-refractivity contribution in [2.45, 2.75) is 11.8 Å². The zero-order valence-electron chi connectivity index (χ0n) is 10.7. The summed E-state index contributed by atoms with van der Waals surface area (Å²) in [5, 5.41) is 3.40. The second-order valence-corrected chi connectivity index (χ2v) is 7.32. The molecule has 4 heteroatoms. The lowest BCUT2D eigenvalue weighted by Gasteiger charge is -2.13. The van der Waals surface area contributed by atoms with Gasteiger partial charge >= 0.3 is 0 Å². The molecule has 0 saturated heterocycles. The molecule has 0 aliphatic rings. The molecule has 0 bridgehead atoms. The molecule has 0 aliphatic carbocycles. The number of hydrogen-bond donors (Lipinski definition) is 0. The Balaban J connectivity index is 2.13. The van der Waals surface area contributed by atoms with E-state index in [0.29, 0.717) is 0 Å². The molecule has 102 valence electrons. The van der Waals surface area contributed by atoms with Crippen LogP contribution >= 0.6 is 43.2 Å². The predicted octanol–water partition coefficient (Wildman–Crippen LogP) is 6.60. The molecule has 0 aliphatic heterocycles. The van der Waals surface area contributed by atoms with E-state index in [1.54, 1.807) is 17.4 Å². The van der Waals surface area contributed by atoms with Crippen LogP contribution < -0.4 is 0 Å². The van der Waals surface area contributed by atoms with Crippen LogP contribution in [0.2, 0.25) is 0 Å². The summed E-state index contributed by atoms with van der Waals surface area (Å²) in [6.45, 7) is 1.94. The lowest BCUT2D eigenvalue weighted by Crippen LogP contribution is -1.95. The lowest BCUT2D eigenvalue weighted by molar-refractivity contribution is 0.626. The maximum atomic E-state index is 13.2. The van der Waals surface area contributed by atoms with Gasteiger partial charge in [-0.2, -0.15) is 0 Å². The largest absolute Gasteiger partial charge is 0.207 e. The van der Waals surface area contributed by atoms with Crippen LogP contribution in [-0.2, 0) is 0 Å². The molecule has 2 aromatic carbocycles. The zero-order valence-corrected chi connectivity index (χ0v) is 14.6. The van der Waals surface area contributed by atoms with Gasteiger partial charge in [0.05, 0.1) is 4.83 Å². The van der Waals surface area contributed by atoms with Crippen LogP contribution in [-0.4, -0.2) is 0 Å². The van der Waals surface area contributed by atoms with Gasteiger partial charge in [-0.25, -0.2) is 4.39 Å². The van der Waals surface area contributed by atoms with Gasteiger partial charge in [-0.05, 0) is 68.5 Å². The summed E-state index contributed by atoms with van der Waals surface area (Å²) in [5.41, 5.74) is 3.29. The van der Waals surface area contributed by atoms with Gasteiger partial charge < -0.3 is 0 Å². The Kier molecular flexibility index (Phi) is 3.98. The summed E-state index contributed by atoms with van der Waals surface area (Å²) in [7, 11) is 0. The lowest BCUT2D eigenvalue weighted by atomic mass is 10.00. The molecule has 1 unspecified atom stereocenters. The van der Waals surface area contributed by atoms with E-state index < -0.39 is 0 Å². The van der Waals surface area contributed by atoms with Crippen molar-refractivity contribution in [3.63, 3.8) is 0 Å². The number of thiophene rings is 1. The smallest absolute Gasteiger partial charge is 0.123 e. The quantitative estimate of drug-likeness (QED) is 0.415. The average molecular weight is 414 g/mol. The summed E-state index contributed by atoms with van der Waals surface area (Å²) in [5.74, 6) is -0.191. The minimum atomic E-state index is -0.191. The molecule has 1 atom stereocenters. The molecule has 0 N–H and O–H groups in total. The summed E-state index contributed by atoms with van der Waals surface area (Å²) in [4.78, 5) is 0.0751. The van der Waals surface area contributed by atoms with Gasteiger partial charge in [0, 0.05) is 9.17 Å². The monoisotopic (exact) mass is 412 g/mol. The molecule has 3 rings (SSSR count). The minimum Gasteiger partial charge on any atom is -0.207 e. The molecular formula is C16H11Br2FS.